The molecule has 2 amide bonds. The van der Waals surface area contributed by atoms with E-state index in [1.807, 2.05) is 0 Å². The zero-order valence-electron chi connectivity index (χ0n) is 14.1. The molecule has 8 heteroatoms. The molecule has 1 N–H and O–H groups in total. The molecule has 2 aliphatic rings. The molecule has 3 rings (SSSR count). The van der Waals surface area contributed by atoms with Crippen LogP contribution in [0.5, 0.6) is 0 Å². The van der Waals surface area contributed by atoms with Gasteiger partial charge in [0, 0.05) is 19.0 Å². The van der Waals surface area contributed by atoms with Crippen LogP contribution >= 0.6 is 0 Å². The Morgan fingerprint density at radius 2 is 1.92 bits per heavy atom. The molecule has 2 atom stereocenters. The average Bonchev–Trinajstić information content (AvgIpc) is 2.88. The third kappa shape index (κ3) is 3.29. The van der Waals surface area contributed by atoms with E-state index in [2.05, 4.69) is 5.32 Å². The number of carbonyl (C=O) groups is 2. The zero-order valence-corrected chi connectivity index (χ0v) is 14.1. The number of nitrogens with one attached hydrogen (secondary N) is 1. The first-order chi connectivity index (χ1) is 11.5. The highest BCUT2D eigenvalue weighted by molar-refractivity contribution is 5.99. The van der Waals surface area contributed by atoms with E-state index in [0.29, 0.717) is 5.56 Å². The van der Waals surface area contributed by atoms with Crippen molar-refractivity contribution in [2.45, 2.75) is 44.5 Å². The van der Waals surface area contributed by atoms with E-state index in [1.54, 1.807) is 20.8 Å². The SMILES string of the molecule is CC(C)(C)OC(=O)N1CC2NC(=O)c3c(cccc3C(F)(F)F)C2C1. The predicted molar refractivity (Wildman–Crippen MR) is 83.2 cm³/mol. The summed E-state index contributed by atoms with van der Waals surface area (Å²) in [5.41, 5.74) is -1.64. The van der Waals surface area contributed by atoms with Crippen molar-refractivity contribution in [3.8, 4) is 0 Å². The first-order valence-corrected chi connectivity index (χ1v) is 7.96. The van der Waals surface area contributed by atoms with Gasteiger partial charge in [-0.15, -0.1) is 0 Å². The van der Waals surface area contributed by atoms with Gasteiger partial charge in [-0.1, -0.05) is 12.1 Å². The molecule has 1 aromatic rings. The summed E-state index contributed by atoms with van der Waals surface area (Å²) in [4.78, 5) is 25.9. The Morgan fingerprint density at radius 3 is 2.52 bits per heavy atom. The van der Waals surface area contributed by atoms with Gasteiger partial charge in [0.25, 0.3) is 5.91 Å². The summed E-state index contributed by atoms with van der Waals surface area (Å²) in [7, 11) is 0. The normalized spacial score (nSPS) is 23.0. The molecule has 5 nitrogen and oxygen atoms in total. The van der Waals surface area contributed by atoms with Crippen LogP contribution in [0.15, 0.2) is 18.2 Å². The van der Waals surface area contributed by atoms with Crippen LogP contribution in [0.3, 0.4) is 0 Å². The molecule has 0 aliphatic carbocycles. The van der Waals surface area contributed by atoms with Gasteiger partial charge in [0.15, 0.2) is 0 Å². The lowest BCUT2D eigenvalue weighted by atomic mass is 9.84. The van der Waals surface area contributed by atoms with Gasteiger partial charge in [-0.25, -0.2) is 4.79 Å². The van der Waals surface area contributed by atoms with Gasteiger partial charge in [-0.05, 0) is 32.4 Å². The minimum absolute atomic E-state index is 0.203. The molecule has 136 valence electrons. The van der Waals surface area contributed by atoms with Gasteiger partial charge in [0.05, 0.1) is 17.2 Å². The summed E-state index contributed by atoms with van der Waals surface area (Å²) < 4.78 is 45.0. The molecule has 0 bridgehead atoms. The molecule has 1 fully saturated rings. The Balaban J connectivity index is 1.92. The molecule has 0 spiro atoms. The van der Waals surface area contributed by atoms with Crippen molar-refractivity contribution in [3.05, 3.63) is 34.9 Å². The van der Waals surface area contributed by atoms with Gasteiger partial charge in [-0.3, -0.25) is 4.79 Å². The predicted octanol–water partition coefficient (Wildman–Crippen LogP) is 3.15. The first-order valence-electron chi connectivity index (χ1n) is 7.96. The molecule has 1 saturated heterocycles. The summed E-state index contributed by atoms with van der Waals surface area (Å²) in [6, 6.07) is 3.31. The van der Waals surface area contributed by atoms with E-state index in [9.17, 15) is 22.8 Å². The van der Waals surface area contributed by atoms with E-state index >= 15 is 0 Å². The van der Waals surface area contributed by atoms with Crippen LogP contribution in [0, 0.1) is 0 Å². The Hall–Kier alpha value is -2.25. The van der Waals surface area contributed by atoms with Crippen molar-refractivity contribution < 1.29 is 27.5 Å². The van der Waals surface area contributed by atoms with Crippen LogP contribution in [0.2, 0.25) is 0 Å². The van der Waals surface area contributed by atoms with Crippen LogP contribution < -0.4 is 5.32 Å². The molecule has 0 radical (unpaired) electrons. The quantitative estimate of drug-likeness (QED) is 0.777. The molecule has 25 heavy (non-hydrogen) atoms. The second kappa shape index (κ2) is 5.64. The van der Waals surface area contributed by atoms with E-state index in [0.717, 1.165) is 6.07 Å². The fraction of sp³-hybridized carbons (Fsp3) is 0.529. The van der Waals surface area contributed by atoms with Crippen molar-refractivity contribution in [1.29, 1.82) is 0 Å². The van der Waals surface area contributed by atoms with Crippen molar-refractivity contribution in [2.75, 3.05) is 13.1 Å². The van der Waals surface area contributed by atoms with Crippen LogP contribution in [0.1, 0.15) is 48.2 Å². The number of hydrogen-bond acceptors (Lipinski definition) is 3. The monoisotopic (exact) mass is 356 g/mol. The average molecular weight is 356 g/mol. The third-order valence-electron chi connectivity index (χ3n) is 4.32. The standard InChI is InChI=1S/C17H19F3N2O3/c1-16(2,3)25-15(24)22-7-10-9-5-4-6-11(17(18,19)20)13(9)14(23)21-12(10)8-22/h4-6,10,12H,7-8H2,1-3H3,(H,21,23). The summed E-state index contributed by atoms with van der Waals surface area (Å²) in [5, 5.41) is 2.61. The van der Waals surface area contributed by atoms with Crippen molar-refractivity contribution >= 4 is 12.0 Å². The number of halogens is 3. The molecule has 1 aromatic carbocycles. The maximum Gasteiger partial charge on any atom is 0.417 e. The molecular formula is C17H19F3N2O3. The highest BCUT2D eigenvalue weighted by Crippen LogP contribution is 2.40. The van der Waals surface area contributed by atoms with E-state index < -0.39 is 35.4 Å². The Kier molecular flexibility index (Phi) is 3.96. The van der Waals surface area contributed by atoms with E-state index in [1.165, 1.54) is 17.0 Å². The van der Waals surface area contributed by atoms with Crippen LogP contribution in [-0.4, -0.2) is 41.6 Å². The summed E-state index contributed by atoms with van der Waals surface area (Å²) >= 11 is 0. The topological polar surface area (TPSA) is 58.6 Å². The highest BCUT2D eigenvalue weighted by atomic mass is 19.4. The maximum absolute atomic E-state index is 13.2. The number of amides is 2. The number of likely N-dealkylation sites (tertiary alicyclic amines) is 1. The van der Waals surface area contributed by atoms with Crippen LogP contribution in [0.4, 0.5) is 18.0 Å². The smallest absolute Gasteiger partial charge is 0.417 e. The minimum Gasteiger partial charge on any atom is -0.444 e. The number of nitrogens with zero attached hydrogens (tertiary/aromatic N) is 1. The largest absolute Gasteiger partial charge is 0.444 e. The number of hydrogen-bond donors (Lipinski definition) is 1. The number of rotatable bonds is 0. The minimum atomic E-state index is -4.61. The van der Waals surface area contributed by atoms with Gasteiger partial charge in [0.2, 0.25) is 0 Å². The van der Waals surface area contributed by atoms with E-state index in [4.69, 9.17) is 4.74 Å². The van der Waals surface area contributed by atoms with Crippen LogP contribution in [0.25, 0.3) is 0 Å². The molecular weight excluding hydrogens is 337 g/mol. The van der Waals surface area contributed by atoms with Gasteiger partial charge in [-0.2, -0.15) is 13.2 Å². The first kappa shape index (κ1) is 17.6. The molecule has 2 aliphatic heterocycles. The second-order valence-electron chi connectivity index (χ2n) is 7.34. The number of alkyl halides is 3. The Morgan fingerprint density at radius 1 is 1.24 bits per heavy atom. The molecule has 0 saturated carbocycles. The van der Waals surface area contributed by atoms with Crippen molar-refractivity contribution in [3.63, 3.8) is 0 Å². The highest BCUT2D eigenvalue weighted by Gasteiger charge is 2.46. The Bertz CT molecular complexity index is 725. The number of carbonyl (C=O) groups excluding carboxylic acids is 2. The zero-order chi connectivity index (χ0) is 18.6. The summed E-state index contributed by atoms with van der Waals surface area (Å²) in [6.45, 7) is 5.62. The number of ether oxygens (including phenoxy) is 1. The lowest BCUT2D eigenvalue weighted by molar-refractivity contribution is -0.138. The third-order valence-corrected chi connectivity index (χ3v) is 4.32. The maximum atomic E-state index is 13.2. The summed E-state index contributed by atoms with van der Waals surface area (Å²) in [5.74, 6) is -1.14. The molecule has 2 unspecified atom stereocenters. The fourth-order valence-electron chi connectivity index (χ4n) is 3.35. The van der Waals surface area contributed by atoms with E-state index in [-0.39, 0.29) is 24.6 Å². The number of benzene rings is 1. The van der Waals surface area contributed by atoms with Gasteiger partial charge in [0.1, 0.15) is 5.60 Å². The lowest BCUT2D eigenvalue weighted by Crippen LogP contribution is -2.45. The lowest BCUT2D eigenvalue weighted by Gasteiger charge is -2.29. The van der Waals surface area contributed by atoms with Crippen molar-refractivity contribution in [2.24, 2.45) is 0 Å². The van der Waals surface area contributed by atoms with Gasteiger partial charge < -0.3 is 15.0 Å². The number of fused-ring (bicyclic) bond motifs is 3. The second-order valence-corrected chi connectivity index (χ2v) is 7.34. The Labute approximate surface area is 143 Å². The fourth-order valence-corrected chi connectivity index (χ4v) is 3.35. The summed E-state index contributed by atoms with van der Waals surface area (Å²) in [6.07, 6.45) is -5.15. The van der Waals surface area contributed by atoms with Crippen LogP contribution in [-0.2, 0) is 10.9 Å². The molecule has 0 aromatic heterocycles. The van der Waals surface area contributed by atoms with Crippen molar-refractivity contribution in [1.82, 2.24) is 10.2 Å². The molecule has 2 heterocycles. The van der Waals surface area contributed by atoms with Gasteiger partial charge >= 0.3 is 12.3 Å².